The summed E-state index contributed by atoms with van der Waals surface area (Å²) in [4.78, 5) is 12.0. The fourth-order valence-corrected chi connectivity index (χ4v) is 3.86. The maximum Gasteiger partial charge on any atom is 0.314 e. The summed E-state index contributed by atoms with van der Waals surface area (Å²) >= 11 is 6.37. The zero-order valence-electron chi connectivity index (χ0n) is 19.6. The summed E-state index contributed by atoms with van der Waals surface area (Å²) in [5.74, 6) is 0.0600. The molecule has 1 atom stereocenters. The molecule has 31 heavy (non-hydrogen) atoms. The van der Waals surface area contributed by atoms with Gasteiger partial charge in [-0.15, -0.1) is 0 Å². The van der Waals surface area contributed by atoms with Crippen LogP contribution in [0.5, 0.6) is 5.75 Å². The molecule has 0 amide bonds. The van der Waals surface area contributed by atoms with E-state index >= 15 is 0 Å². The van der Waals surface area contributed by atoms with Gasteiger partial charge in [-0.3, -0.25) is 4.79 Å². The Labute approximate surface area is 194 Å². The van der Waals surface area contributed by atoms with E-state index in [1.165, 1.54) is 63.4 Å². The lowest BCUT2D eigenvalue weighted by molar-refractivity contribution is -0.138. The molecule has 0 aliphatic heterocycles. The second-order valence-corrected chi connectivity index (χ2v) is 9.06. The highest BCUT2D eigenvalue weighted by Crippen LogP contribution is 2.31. The third-order valence-corrected chi connectivity index (χ3v) is 6.31. The lowest BCUT2D eigenvalue weighted by Gasteiger charge is -2.11. The largest absolute Gasteiger partial charge is 0.425 e. The molecule has 0 heterocycles. The number of rotatable bonds is 14. The number of aryl methyl sites for hydroxylation is 1. The summed E-state index contributed by atoms with van der Waals surface area (Å²) in [6.07, 6.45) is 14.1. The Morgan fingerprint density at radius 2 is 1.42 bits per heavy atom. The standard InChI is InChI=1S/C28H39ClO2/c1-4-6-7-8-9-10-11-12-13-14-23-15-17-24(18-16-23)25-19-20-27(26(29)21-25)31-28(30)22(3)5-2/h15-22H,4-14H2,1-3H3. The van der Waals surface area contributed by atoms with E-state index in [-0.39, 0.29) is 11.9 Å². The zero-order valence-corrected chi connectivity index (χ0v) is 20.3. The van der Waals surface area contributed by atoms with Gasteiger partial charge >= 0.3 is 5.97 Å². The molecule has 0 saturated carbocycles. The van der Waals surface area contributed by atoms with Crippen LogP contribution in [0.1, 0.15) is 90.5 Å². The Hall–Kier alpha value is -1.80. The summed E-state index contributed by atoms with van der Waals surface area (Å²) in [7, 11) is 0. The first-order chi connectivity index (χ1) is 15.0. The number of unbranched alkanes of at least 4 members (excludes halogenated alkanes) is 8. The van der Waals surface area contributed by atoms with E-state index < -0.39 is 0 Å². The molecule has 0 aromatic heterocycles. The summed E-state index contributed by atoms with van der Waals surface area (Å²) in [6, 6.07) is 14.3. The van der Waals surface area contributed by atoms with Gasteiger partial charge in [0.15, 0.2) is 0 Å². The van der Waals surface area contributed by atoms with E-state index in [1.54, 1.807) is 6.07 Å². The number of carbonyl (C=O) groups is 1. The molecule has 0 saturated heterocycles. The van der Waals surface area contributed by atoms with Crippen LogP contribution < -0.4 is 4.74 Å². The highest BCUT2D eigenvalue weighted by atomic mass is 35.5. The number of ether oxygens (including phenoxy) is 1. The van der Waals surface area contributed by atoms with E-state index in [9.17, 15) is 4.79 Å². The van der Waals surface area contributed by atoms with Crippen molar-refractivity contribution in [2.75, 3.05) is 0 Å². The van der Waals surface area contributed by atoms with Crippen LogP contribution in [-0.2, 0) is 11.2 Å². The quantitative estimate of drug-likeness (QED) is 0.165. The predicted molar refractivity (Wildman–Crippen MR) is 133 cm³/mol. The molecule has 2 aromatic carbocycles. The molecule has 2 nitrogen and oxygen atoms in total. The van der Waals surface area contributed by atoms with Crippen molar-refractivity contribution in [3.63, 3.8) is 0 Å². The van der Waals surface area contributed by atoms with E-state index in [0.717, 1.165) is 24.0 Å². The van der Waals surface area contributed by atoms with E-state index in [0.29, 0.717) is 10.8 Å². The Bertz CT molecular complexity index is 782. The topological polar surface area (TPSA) is 26.3 Å². The lowest BCUT2D eigenvalue weighted by Crippen LogP contribution is -2.17. The van der Waals surface area contributed by atoms with Gasteiger partial charge in [-0.05, 0) is 48.1 Å². The highest BCUT2D eigenvalue weighted by Gasteiger charge is 2.15. The fraction of sp³-hybridized carbons (Fsp3) is 0.536. The molecule has 0 radical (unpaired) electrons. The van der Waals surface area contributed by atoms with Crippen LogP contribution in [0.2, 0.25) is 5.02 Å². The normalized spacial score (nSPS) is 12.0. The number of halogens is 1. The Morgan fingerprint density at radius 3 is 2.00 bits per heavy atom. The summed E-state index contributed by atoms with van der Waals surface area (Å²) < 4.78 is 5.43. The first-order valence-corrected chi connectivity index (χ1v) is 12.5. The first kappa shape index (κ1) is 25.5. The number of esters is 1. The third-order valence-electron chi connectivity index (χ3n) is 6.01. The number of hydrogen-bond acceptors (Lipinski definition) is 2. The molecule has 2 aromatic rings. The Balaban J connectivity index is 1.78. The number of carbonyl (C=O) groups excluding carboxylic acids is 1. The van der Waals surface area contributed by atoms with E-state index in [1.807, 2.05) is 26.0 Å². The first-order valence-electron chi connectivity index (χ1n) is 12.2. The summed E-state index contributed by atoms with van der Waals surface area (Å²) in [5, 5.41) is 0.466. The smallest absolute Gasteiger partial charge is 0.314 e. The molecule has 1 unspecified atom stereocenters. The zero-order chi connectivity index (χ0) is 22.5. The van der Waals surface area contributed by atoms with Crippen molar-refractivity contribution in [2.45, 2.75) is 91.4 Å². The minimum atomic E-state index is -0.238. The third kappa shape index (κ3) is 9.07. The van der Waals surface area contributed by atoms with Crippen molar-refractivity contribution in [1.29, 1.82) is 0 Å². The Kier molecular flexibility index (Phi) is 11.7. The van der Waals surface area contributed by atoms with Crippen molar-refractivity contribution < 1.29 is 9.53 Å². The average molecular weight is 443 g/mol. The molecule has 0 spiro atoms. The minimum absolute atomic E-state index is 0.130. The van der Waals surface area contributed by atoms with Crippen LogP contribution in [0.15, 0.2) is 42.5 Å². The SMILES string of the molecule is CCCCCCCCCCCc1ccc(-c2ccc(OC(=O)C(C)CC)c(Cl)c2)cc1. The number of benzene rings is 2. The molecule has 0 N–H and O–H groups in total. The molecule has 0 fully saturated rings. The van der Waals surface area contributed by atoms with Crippen LogP contribution in [0.4, 0.5) is 0 Å². The van der Waals surface area contributed by atoms with Gasteiger partial charge < -0.3 is 4.74 Å². The average Bonchev–Trinajstić information content (AvgIpc) is 2.79. The summed E-state index contributed by atoms with van der Waals surface area (Å²) in [6.45, 7) is 6.10. The Morgan fingerprint density at radius 1 is 0.839 bits per heavy atom. The highest BCUT2D eigenvalue weighted by molar-refractivity contribution is 6.32. The van der Waals surface area contributed by atoms with Gasteiger partial charge in [0, 0.05) is 0 Å². The second-order valence-electron chi connectivity index (χ2n) is 8.65. The molecule has 2 rings (SSSR count). The van der Waals surface area contributed by atoms with Crippen LogP contribution >= 0.6 is 11.6 Å². The van der Waals surface area contributed by atoms with E-state index in [2.05, 4.69) is 31.2 Å². The molecule has 0 aliphatic carbocycles. The van der Waals surface area contributed by atoms with E-state index in [4.69, 9.17) is 16.3 Å². The predicted octanol–water partition coefficient (Wildman–Crippen LogP) is 9.03. The maximum atomic E-state index is 12.0. The fourth-order valence-electron chi connectivity index (χ4n) is 3.64. The monoisotopic (exact) mass is 442 g/mol. The van der Waals surface area contributed by atoms with Crippen molar-refractivity contribution >= 4 is 17.6 Å². The molecule has 0 bridgehead atoms. The molecule has 170 valence electrons. The lowest BCUT2D eigenvalue weighted by atomic mass is 10.0. The van der Waals surface area contributed by atoms with Gasteiger partial charge in [0.05, 0.1) is 10.9 Å². The van der Waals surface area contributed by atoms with Gasteiger partial charge in [0.1, 0.15) is 5.75 Å². The van der Waals surface area contributed by atoms with Crippen molar-refractivity contribution in [1.82, 2.24) is 0 Å². The van der Waals surface area contributed by atoms with Crippen LogP contribution in [-0.4, -0.2) is 5.97 Å². The second kappa shape index (κ2) is 14.3. The van der Waals surface area contributed by atoms with Crippen molar-refractivity contribution in [3.05, 3.63) is 53.1 Å². The maximum absolute atomic E-state index is 12.0. The molecular weight excluding hydrogens is 404 g/mol. The van der Waals surface area contributed by atoms with Gasteiger partial charge in [0.25, 0.3) is 0 Å². The van der Waals surface area contributed by atoms with Gasteiger partial charge in [0.2, 0.25) is 0 Å². The van der Waals surface area contributed by atoms with Crippen LogP contribution in [0, 0.1) is 5.92 Å². The molecular formula is C28H39ClO2. The van der Waals surface area contributed by atoms with Gasteiger partial charge in [-0.25, -0.2) is 0 Å². The summed E-state index contributed by atoms with van der Waals surface area (Å²) in [5.41, 5.74) is 3.54. The van der Waals surface area contributed by atoms with Gasteiger partial charge in [-0.1, -0.05) is 114 Å². The van der Waals surface area contributed by atoms with Crippen molar-refractivity contribution in [2.24, 2.45) is 5.92 Å². The van der Waals surface area contributed by atoms with Crippen LogP contribution in [0.3, 0.4) is 0 Å². The molecule has 3 heteroatoms. The van der Waals surface area contributed by atoms with Crippen molar-refractivity contribution in [3.8, 4) is 16.9 Å². The number of hydrogen-bond donors (Lipinski definition) is 0. The van der Waals surface area contributed by atoms with Gasteiger partial charge in [-0.2, -0.15) is 0 Å². The molecule has 0 aliphatic rings. The minimum Gasteiger partial charge on any atom is -0.425 e. The van der Waals surface area contributed by atoms with Crippen LogP contribution in [0.25, 0.3) is 11.1 Å².